The van der Waals surface area contributed by atoms with Gasteiger partial charge in [0.15, 0.2) is 5.78 Å². The summed E-state index contributed by atoms with van der Waals surface area (Å²) in [7, 11) is 1.68. The van der Waals surface area contributed by atoms with Crippen molar-refractivity contribution in [2.75, 3.05) is 43.1 Å². The number of methoxy groups -OCH3 is 1. The first-order valence-electron chi connectivity index (χ1n) is 8.77. The molecule has 1 aliphatic heterocycles. The Morgan fingerprint density at radius 3 is 2.44 bits per heavy atom. The standard InChI is InChI=1S/C19H22N4O2/c1-25-15-7-5-14(6-8-15)22-9-11-23(12-10-22)19-20-13-16-17(21-19)3-2-4-18(16)24/h5-8,13H,2-4,9-12H2,1H3. The normalized spacial score (nSPS) is 17.4. The first-order valence-corrected chi connectivity index (χ1v) is 8.77. The van der Waals surface area contributed by atoms with E-state index in [-0.39, 0.29) is 5.78 Å². The molecule has 0 radical (unpaired) electrons. The van der Waals surface area contributed by atoms with Gasteiger partial charge in [0.2, 0.25) is 5.95 Å². The van der Waals surface area contributed by atoms with Crippen molar-refractivity contribution in [1.29, 1.82) is 0 Å². The third-order valence-corrected chi connectivity index (χ3v) is 4.97. The highest BCUT2D eigenvalue weighted by molar-refractivity contribution is 5.97. The van der Waals surface area contributed by atoms with Gasteiger partial charge in [0.25, 0.3) is 0 Å². The van der Waals surface area contributed by atoms with Gasteiger partial charge in [0, 0.05) is 44.5 Å². The summed E-state index contributed by atoms with van der Waals surface area (Å²) in [5.41, 5.74) is 2.84. The van der Waals surface area contributed by atoms with Gasteiger partial charge >= 0.3 is 0 Å². The number of hydrogen-bond donors (Lipinski definition) is 0. The van der Waals surface area contributed by atoms with E-state index >= 15 is 0 Å². The maximum Gasteiger partial charge on any atom is 0.225 e. The molecule has 2 heterocycles. The smallest absolute Gasteiger partial charge is 0.225 e. The van der Waals surface area contributed by atoms with Crippen molar-refractivity contribution >= 4 is 17.4 Å². The first kappa shape index (κ1) is 15.9. The second-order valence-electron chi connectivity index (χ2n) is 6.48. The lowest BCUT2D eigenvalue weighted by Crippen LogP contribution is -2.47. The van der Waals surface area contributed by atoms with E-state index in [2.05, 4.69) is 31.9 Å². The molecule has 1 aromatic heterocycles. The number of aromatic nitrogens is 2. The van der Waals surface area contributed by atoms with E-state index in [1.807, 2.05) is 12.1 Å². The topological polar surface area (TPSA) is 58.6 Å². The molecule has 0 atom stereocenters. The minimum atomic E-state index is 0.178. The Hall–Kier alpha value is -2.63. The number of benzene rings is 1. The molecule has 0 saturated carbocycles. The van der Waals surface area contributed by atoms with Crippen LogP contribution in [-0.4, -0.2) is 49.0 Å². The Kier molecular flexibility index (Phi) is 4.26. The fourth-order valence-electron chi connectivity index (χ4n) is 3.49. The summed E-state index contributed by atoms with van der Waals surface area (Å²) in [5.74, 6) is 1.80. The van der Waals surface area contributed by atoms with E-state index < -0.39 is 0 Å². The van der Waals surface area contributed by atoms with Crippen molar-refractivity contribution in [2.24, 2.45) is 0 Å². The lowest BCUT2D eigenvalue weighted by molar-refractivity contribution is 0.0971. The zero-order valence-corrected chi connectivity index (χ0v) is 14.4. The number of nitrogens with zero attached hydrogens (tertiary/aromatic N) is 4. The molecule has 1 saturated heterocycles. The fourth-order valence-corrected chi connectivity index (χ4v) is 3.49. The molecular formula is C19H22N4O2. The van der Waals surface area contributed by atoms with Crippen LogP contribution in [0.3, 0.4) is 0 Å². The number of hydrogen-bond acceptors (Lipinski definition) is 6. The average Bonchev–Trinajstić information content (AvgIpc) is 2.68. The zero-order chi connectivity index (χ0) is 17.2. The predicted molar refractivity (Wildman–Crippen MR) is 96.7 cm³/mol. The van der Waals surface area contributed by atoms with Gasteiger partial charge in [-0.3, -0.25) is 4.79 Å². The highest BCUT2D eigenvalue weighted by Gasteiger charge is 2.23. The lowest BCUT2D eigenvalue weighted by Gasteiger charge is -2.36. The minimum absolute atomic E-state index is 0.178. The van der Waals surface area contributed by atoms with Gasteiger partial charge in [-0.05, 0) is 37.1 Å². The van der Waals surface area contributed by atoms with E-state index in [1.165, 1.54) is 5.69 Å². The first-order chi connectivity index (χ1) is 12.2. The molecular weight excluding hydrogens is 316 g/mol. The summed E-state index contributed by atoms with van der Waals surface area (Å²) in [5, 5.41) is 0. The van der Waals surface area contributed by atoms with Gasteiger partial charge in [-0.1, -0.05) is 0 Å². The number of aryl methyl sites for hydroxylation is 1. The second-order valence-corrected chi connectivity index (χ2v) is 6.48. The molecule has 1 aliphatic carbocycles. The molecule has 2 aromatic rings. The summed E-state index contributed by atoms with van der Waals surface area (Å²) in [6.45, 7) is 3.59. The Labute approximate surface area is 147 Å². The third-order valence-electron chi connectivity index (χ3n) is 4.97. The van der Waals surface area contributed by atoms with Crippen LogP contribution in [-0.2, 0) is 6.42 Å². The predicted octanol–water partition coefficient (Wildman–Crippen LogP) is 2.33. The Bertz CT molecular complexity index is 767. The number of ether oxygens (including phenoxy) is 1. The van der Waals surface area contributed by atoms with Crippen molar-refractivity contribution in [3.63, 3.8) is 0 Å². The van der Waals surface area contributed by atoms with E-state index in [4.69, 9.17) is 4.74 Å². The van der Waals surface area contributed by atoms with E-state index in [9.17, 15) is 4.79 Å². The SMILES string of the molecule is COc1ccc(N2CCN(c3ncc4c(n3)CCCC4=O)CC2)cc1. The summed E-state index contributed by atoms with van der Waals surface area (Å²) >= 11 is 0. The fraction of sp³-hybridized carbons (Fsp3) is 0.421. The van der Waals surface area contributed by atoms with Gasteiger partial charge in [0.1, 0.15) is 5.75 Å². The van der Waals surface area contributed by atoms with Crippen LogP contribution >= 0.6 is 0 Å². The van der Waals surface area contributed by atoms with Gasteiger partial charge in [-0.2, -0.15) is 0 Å². The number of fused-ring (bicyclic) bond motifs is 1. The Morgan fingerprint density at radius 1 is 1.00 bits per heavy atom. The van der Waals surface area contributed by atoms with Crippen molar-refractivity contribution in [1.82, 2.24) is 9.97 Å². The third kappa shape index (κ3) is 3.16. The van der Waals surface area contributed by atoms with Gasteiger partial charge in [0.05, 0.1) is 18.4 Å². The number of rotatable bonds is 3. The van der Waals surface area contributed by atoms with Gasteiger partial charge in [-0.15, -0.1) is 0 Å². The van der Waals surface area contributed by atoms with E-state index in [1.54, 1.807) is 13.3 Å². The van der Waals surface area contributed by atoms with Crippen LogP contribution in [0.25, 0.3) is 0 Å². The van der Waals surface area contributed by atoms with E-state index in [0.717, 1.165) is 56.4 Å². The zero-order valence-electron chi connectivity index (χ0n) is 14.4. The summed E-state index contributed by atoms with van der Waals surface area (Å²) in [6, 6.07) is 8.17. The highest BCUT2D eigenvalue weighted by Crippen LogP contribution is 2.24. The van der Waals surface area contributed by atoms with E-state index in [0.29, 0.717) is 12.0 Å². The van der Waals surface area contributed by atoms with Crippen LogP contribution in [0.4, 0.5) is 11.6 Å². The van der Waals surface area contributed by atoms with Crippen LogP contribution in [0.5, 0.6) is 5.75 Å². The maximum atomic E-state index is 11.9. The van der Waals surface area contributed by atoms with Gasteiger partial charge < -0.3 is 14.5 Å². The lowest BCUT2D eigenvalue weighted by atomic mass is 9.96. The number of piperazine rings is 1. The minimum Gasteiger partial charge on any atom is -0.497 e. The average molecular weight is 338 g/mol. The number of Topliss-reactive ketones (excluding diaryl/α,β-unsaturated/α-hetero) is 1. The van der Waals surface area contributed by atoms with Crippen LogP contribution in [0.15, 0.2) is 30.5 Å². The molecule has 25 heavy (non-hydrogen) atoms. The van der Waals surface area contributed by atoms with Crippen LogP contribution in [0.2, 0.25) is 0 Å². The second kappa shape index (κ2) is 6.70. The number of carbonyl (C=O) groups is 1. The van der Waals surface area contributed by atoms with Crippen LogP contribution in [0.1, 0.15) is 28.9 Å². The number of carbonyl (C=O) groups excluding carboxylic acids is 1. The van der Waals surface area contributed by atoms with Crippen molar-refractivity contribution < 1.29 is 9.53 Å². The Morgan fingerprint density at radius 2 is 1.72 bits per heavy atom. The van der Waals surface area contributed by atoms with Crippen molar-refractivity contribution in [2.45, 2.75) is 19.3 Å². The van der Waals surface area contributed by atoms with Crippen LogP contribution < -0.4 is 14.5 Å². The largest absolute Gasteiger partial charge is 0.497 e. The molecule has 6 heteroatoms. The van der Waals surface area contributed by atoms with Crippen molar-refractivity contribution in [3.05, 3.63) is 41.7 Å². The molecule has 0 N–H and O–H groups in total. The maximum absolute atomic E-state index is 11.9. The highest BCUT2D eigenvalue weighted by atomic mass is 16.5. The number of ketones is 1. The molecule has 0 unspecified atom stereocenters. The Balaban J connectivity index is 1.44. The monoisotopic (exact) mass is 338 g/mol. The number of anilines is 2. The molecule has 4 rings (SSSR count). The quantitative estimate of drug-likeness (QED) is 0.856. The summed E-state index contributed by atoms with van der Waals surface area (Å²) in [6.07, 6.45) is 4.11. The van der Waals surface area contributed by atoms with Gasteiger partial charge in [-0.25, -0.2) is 9.97 Å². The molecule has 0 bridgehead atoms. The molecule has 0 amide bonds. The molecule has 1 aromatic carbocycles. The van der Waals surface area contributed by atoms with Crippen molar-refractivity contribution in [3.8, 4) is 5.75 Å². The molecule has 0 spiro atoms. The molecule has 1 fully saturated rings. The summed E-state index contributed by atoms with van der Waals surface area (Å²) in [4.78, 5) is 25.6. The van der Waals surface area contributed by atoms with Crippen LogP contribution in [0, 0.1) is 0 Å². The molecule has 2 aliphatic rings. The molecule has 6 nitrogen and oxygen atoms in total. The summed E-state index contributed by atoms with van der Waals surface area (Å²) < 4.78 is 5.22. The molecule has 130 valence electrons.